The molecule has 2 aromatic carbocycles. The number of hydrogen-bond donors (Lipinski definition) is 1. The highest BCUT2D eigenvalue weighted by molar-refractivity contribution is 5.62. The van der Waals surface area contributed by atoms with Crippen molar-refractivity contribution in [1.29, 1.82) is 0 Å². The lowest BCUT2D eigenvalue weighted by atomic mass is 10.2. The van der Waals surface area contributed by atoms with Crippen LogP contribution in [0.3, 0.4) is 0 Å². The van der Waals surface area contributed by atoms with E-state index >= 15 is 0 Å². The smallest absolute Gasteiger partial charge is 0.163 e. The van der Waals surface area contributed by atoms with Gasteiger partial charge in [0.1, 0.15) is 23.1 Å². The third-order valence-corrected chi connectivity index (χ3v) is 5.30. The molecule has 0 aliphatic carbocycles. The second kappa shape index (κ2) is 9.67. The summed E-state index contributed by atoms with van der Waals surface area (Å²) in [5.41, 5.74) is 2.68. The third kappa shape index (κ3) is 5.27. The van der Waals surface area contributed by atoms with Crippen LogP contribution in [0.1, 0.15) is 5.69 Å². The molecule has 1 aliphatic rings. The highest BCUT2D eigenvalue weighted by Gasteiger charge is 2.13. The molecule has 2 aromatic heterocycles. The van der Waals surface area contributed by atoms with E-state index in [4.69, 9.17) is 14.5 Å². The van der Waals surface area contributed by atoms with Gasteiger partial charge in [-0.3, -0.25) is 0 Å². The van der Waals surface area contributed by atoms with Gasteiger partial charge in [0.2, 0.25) is 0 Å². The summed E-state index contributed by atoms with van der Waals surface area (Å²) in [4.78, 5) is 16.2. The normalized spacial score (nSPS) is 13.5. The molecular weight excluding hydrogens is 414 g/mol. The average molecular weight is 440 g/mol. The Bertz CT molecular complexity index is 1190. The Hall–Kier alpha value is -3.97. The second-order valence-corrected chi connectivity index (χ2v) is 7.79. The molecule has 7 heteroatoms. The van der Waals surface area contributed by atoms with Gasteiger partial charge in [-0.1, -0.05) is 18.2 Å². The van der Waals surface area contributed by atoms with Crippen LogP contribution in [0.25, 0.3) is 11.4 Å². The van der Waals surface area contributed by atoms with Gasteiger partial charge in [-0.15, -0.1) is 0 Å². The Labute approximate surface area is 193 Å². The predicted molar refractivity (Wildman–Crippen MR) is 129 cm³/mol. The van der Waals surface area contributed by atoms with E-state index in [0.717, 1.165) is 66.4 Å². The van der Waals surface area contributed by atoms with E-state index in [9.17, 15) is 0 Å². The number of nitrogens with one attached hydrogen (secondary N) is 1. The van der Waals surface area contributed by atoms with Crippen LogP contribution in [0.4, 0.5) is 17.3 Å². The molecule has 0 bridgehead atoms. The molecular formula is C26H25N5O2. The summed E-state index contributed by atoms with van der Waals surface area (Å²) < 4.78 is 11.3. The average Bonchev–Trinajstić information content (AvgIpc) is 2.86. The summed E-state index contributed by atoms with van der Waals surface area (Å²) in [7, 11) is 0. The first-order valence-electron chi connectivity index (χ1n) is 11.0. The van der Waals surface area contributed by atoms with Crippen molar-refractivity contribution in [2.24, 2.45) is 0 Å². The van der Waals surface area contributed by atoms with Gasteiger partial charge in [0.15, 0.2) is 5.82 Å². The number of para-hydroxylation sites is 1. The first-order chi connectivity index (χ1) is 16.2. The van der Waals surface area contributed by atoms with Crippen LogP contribution in [-0.2, 0) is 4.74 Å². The van der Waals surface area contributed by atoms with E-state index in [-0.39, 0.29) is 0 Å². The lowest BCUT2D eigenvalue weighted by Gasteiger charge is -2.27. The van der Waals surface area contributed by atoms with Crippen molar-refractivity contribution in [3.63, 3.8) is 0 Å². The summed E-state index contributed by atoms with van der Waals surface area (Å²) in [5, 5.41) is 3.36. The lowest BCUT2D eigenvalue weighted by molar-refractivity contribution is 0.122. The fraction of sp³-hybridized carbons (Fsp3) is 0.192. The summed E-state index contributed by atoms with van der Waals surface area (Å²) in [6.07, 6.45) is 1.83. The first-order valence-corrected chi connectivity index (χ1v) is 11.0. The highest BCUT2D eigenvalue weighted by atomic mass is 16.5. The molecule has 0 amide bonds. The van der Waals surface area contributed by atoms with Crippen molar-refractivity contribution >= 4 is 17.3 Å². The molecule has 1 N–H and O–H groups in total. The molecule has 5 rings (SSSR count). The Kier molecular flexibility index (Phi) is 6.12. The molecule has 0 atom stereocenters. The van der Waals surface area contributed by atoms with Crippen molar-refractivity contribution < 1.29 is 9.47 Å². The number of benzene rings is 2. The summed E-state index contributed by atoms with van der Waals surface area (Å²) in [6.45, 7) is 5.15. The van der Waals surface area contributed by atoms with Crippen LogP contribution in [0.2, 0.25) is 0 Å². The zero-order valence-electron chi connectivity index (χ0n) is 18.4. The molecule has 7 nitrogen and oxygen atoms in total. The number of nitrogens with zero attached hydrogens (tertiary/aromatic N) is 4. The standard InChI is InChI=1S/C26H25N5O2/c1-19-17-24(29-21-8-10-23(11-9-21)33-22-5-3-2-4-6-22)30-26(28-19)20-7-12-25(27-18-20)31-13-15-32-16-14-31/h2-12,17-18H,13-16H2,1H3,(H,28,29,30). The van der Waals surface area contributed by atoms with Gasteiger partial charge in [0, 0.05) is 42.3 Å². The van der Waals surface area contributed by atoms with Crippen LogP contribution in [0, 0.1) is 6.92 Å². The number of aryl methyl sites for hydroxylation is 1. The predicted octanol–water partition coefficient (Wildman–Crippen LogP) is 5.22. The molecule has 1 aliphatic heterocycles. The van der Waals surface area contributed by atoms with Crippen molar-refractivity contribution in [3.05, 3.63) is 84.7 Å². The quantitative estimate of drug-likeness (QED) is 0.442. The van der Waals surface area contributed by atoms with Crippen molar-refractivity contribution in [2.75, 3.05) is 36.5 Å². The van der Waals surface area contributed by atoms with E-state index in [0.29, 0.717) is 5.82 Å². The zero-order valence-corrected chi connectivity index (χ0v) is 18.4. The first kappa shape index (κ1) is 20.9. The molecule has 166 valence electrons. The van der Waals surface area contributed by atoms with Crippen LogP contribution in [0.15, 0.2) is 79.0 Å². The maximum Gasteiger partial charge on any atom is 0.163 e. The monoisotopic (exact) mass is 439 g/mol. The molecule has 33 heavy (non-hydrogen) atoms. The third-order valence-electron chi connectivity index (χ3n) is 5.30. The molecule has 4 aromatic rings. The van der Waals surface area contributed by atoms with Gasteiger partial charge in [0.05, 0.1) is 13.2 Å². The van der Waals surface area contributed by atoms with Crippen LogP contribution in [-0.4, -0.2) is 41.3 Å². The summed E-state index contributed by atoms with van der Waals surface area (Å²) >= 11 is 0. The van der Waals surface area contributed by atoms with E-state index in [1.54, 1.807) is 0 Å². The number of hydrogen-bond acceptors (Lipinski definition) is 7. The van der Waals surface area contributed by atoms with E-state index in [2.05, 4.69) is 20.2 Å². The zero-order chi connectivity index (χ0) is 22.5. The minimum atomic E-state index is 0.641. The lowest BCUT2D eigenvalue weighted by Crippen LogP contribution is -2.36. The van der Waals surface area contributed by atoms with Gasteiger partial charge < -0.3 is 19.7 Å². The topological polar surface area (TPSA) is 72.4 Å². The van der Waals surface area contributed by atoms with Crippen LogP contribution < -0.4 is 15.0 Å². The minimum Gasteiger partial charge on any atom is -0.457 e. The Morgan fingerprint density at radius 2 is 1.64 bits per heavy atom. The van der Waals surface area contributed by atoms with Crippen molar-refractivity contribution in [3.8, 4) is 22.9 Å². The number of morpholine rings is 1. The van der Waals surface area contributed by atoms with Crippen LogP contribution >= 0.6 is 0 Å². The van der Waals surface area contributed by atoms with Crippen molar-refractivity contribution in [1.82, 2.24) is 15.0 Å². The molecule has 0 radical (unpaired) electrons. The molecule has 0 saturated carbocycles. The summed E-state index contributed by atoms with van der Waals surface area (Å²) in [6, 6.07) is 23.5. The van der Waals surface area contributed by atoms with E-state index in [1.807, 2.05) is 85.9 Å². The SMILES string of the molecule is Cc1cc(Nc2ccc(Oc3ccccc3)cc2)nc(-c2ccc(N3CCOCC3)nc2)n1. The van der Waals surface area contributed by atoms with Crippen molar-refractivity contribution in [2.45, 2.75) is 6.92 Å². The summed E-state index contributed by atoms with van der Waals surface area (Å²) in [5.74, 6) is 3.90. The van der Waals surface area contributed by atoms with Gasteiger partial charge in [0.25, 0.3) is 0 Å². The Morgan fingerprint density at radius 1 is 0.879 bits per heavy atom. The van der Waals surface area contributed by atoms with E-state index < -0.39 is 0 Å². The maximum absolute atomic E-state index is 5.86. The number of ether oxygens (including phenoxy) is 2. The van der Waals surface area contributed by atoms with Gasteiger partial charge >= 0.3 is 0 Å². The number of anilines is 3. The molecule has 3 heterocycles. The van der Waals surface area contributed by atoms with Gasteiger partial charge in [-0.2, -0.15) is 0 Å². The number of pyridine rings is 1. The maximum atomic E-state index is 5.86. The number of rotatable bonds is 6. The van der Waals surface area contributed by atoms with Gasteiger partial charge in [-0.25, -0.2) is 15.0 Å². The van der Waals surface area contributed by atoms with E-state index in [1.165, 1.54) is 0 Å². The number of aromatic nitrogens is 3. The fourth-order valence-corrected chi connectivity index (χ4v) is 3.64. The molecule has 0 unspecified atom stereocenters. The van der Waals surface area contributed by atoms with Gasteiger partial charge in [-0.05, 0) is 55.5 Å². The minimum absolute atomic E-state index is 0.641. The Balaban J connectivity index is 1.29. The molecule has 1 fully saturated rings. The Morgan fingerprint density at radius 3 is 2.36 bits per heavy atom. The highest BCUT2D eigenvalue weighted by Crippen LogP contribution is 2.25. The molecule has 1 saturated heterocycles. The van der Waals surface area contributed by atoms with Crippen LogP contribution in [0.5, 0.6) is 11.5 Å². The molecule has 0 spiro atoms. The second-order valence-electron chi connectivity index (χ2n) is 7.79. The fourth-order valence-electron chi connectivity index (χ4n) is 3.64. The largest absolute Gasteiger partial charge is 0.457 e.